The summed E-state index contributed by atoms with van der Waals surface area (Å²) in [5.41, 5.74) is 2.99. The maximum atomic E-state index is 12.6. The molecule has 112 valence electrons. The van der Waals surface area contributed by atoms with E-state index in [0.717, 1.165) is 17.8 Å². The molecule has 0 spiro atoms. The summed E-state index contributed by atoms with van der Waals surface area (Å²) in [7, 11) is 0. The van der Waals surface area contributed by atoms with Crippen molar-refractivity contribution in [1.82, 2.24) is 9.97 Å². The molecular formula is C14H15F3N4. The molecule has 0 aliphatic carbocycles. The zero-order valence-corrected chi connectivity index (χ0v) is 11.6. The van der Waals surface area contributed by atoms with Crippen molar-refractivity contribution in [2.75, 3.05) is 5.43 Å². The largest absolute Gasteiger partial charge is 0.416 e. The molecule has 2 rings (SSSR count). The van der Waals surface area contributed by atoms with E-state index >= 15 is 0 Å². The van der Waals surface area contributed by atoms with Crippen LogP contribution in [0.3, 0.4) is 0 Å². The van der Waals surface area contributed by atoms with Crippen LogP contribution in [-0.2, 0) is 6.18 Å². The summed E-state index contributed by atoms with van der Waals surface area (Å²) in [5.74, 6) is 6.26. The molecule has 21 heavy (non-hydrogen) atoms. The Hall–Kier alpha value is -2.15. The number of hydrogen-bond donors (Lipinski definition) is 2. The highest BCUT2D eigenvalue weighted by Crippen LogP contribution is 2.30. The number of alkyl halides is 3. The van der Waals surface area contributed by atoms with Crippen molar-refractivity contribution < 1.29 is 13.2 Å². The van der Waals surface area contributed by atoms with Gasteiger partial charge in [0.15, 0.2) is 5.82 Å². The number of hydrogen-bond acceptors (Lipinski definition) is 4. The van der Waals surface area contributed by atoms with Crippen molar-refractivity contribution >= 4 is 5.82 Å². The maximum Gasteiger partial charge on any atom is 0.416 e. The van der Waals surface area contributed by atoms with Gasteiger partial charge in [-0.3, -0.25) is 0 Å². The standard InChI is InChI=1S/C14H15F3N4/c1-8(2)11-7-12(21-18)20-13(19-11)9-3-5-10(6-4-9)14(15,16)17/h3-8H,18H2,1-2H3,(H,19,20,21). The van der Waals surface area contributed by atoms with Gasteiger partial charge in [-0.15, -0.1) is 0 Å². The highest BCUT2D eigenvalue weighted by Gasteiger charge is 2.30. The van der Waals surface area contributed by atoms with Crippen LogP contribution < -0.4 is 11.3 Å². The van der Waals surface area contributed by atoms with E-state index < -0.39 is 11.7 Å². The van der Waals surface area contributed by atoms with Gasteiger partial charge in [0, 0.05) is 17.3 Å². The molecule has 0 aliphatic heterocycles. The minimum absolute atomic E-state index is 0.147. The van der Waals surface area contributed by atoms with Gasteiger partial charge in [-0.2, -0.15) is 13.2 Å². The van der Waals surface area contributed by atoms with Crippen molar-refractivity contribution in [3.8, 4) is 11.4 Å². The molecule has 2 aromatic rings. The van der Waals surface area contributed by atoms with Crippen LogP contribution in [0.5, 0.6) is 0 Å². The van der Waals surface area contributed by atoms with Gasteiger partial charge < -0.3 is 5.43 Å². The number of nitrogens with two attached hydrogens (primary N) is 1. The normalized spacial score (nSPS) is 11.8. The molecular weight excluding hydrogens is 281 g/mol. The summed E-state index contributed by atoms with van der Waals surface area (Å²) in [5, 5.41) is 0. The van der Waals surface area contributed by atoms with E-state index in [-0.39, 0.29) is 5.92 Å². The Bertz CT molecular complexity index is 621. The molecule has 1 aromatic heterocycles. The van der Waals surface area contributed by atoms with Gasteiger partial charge in [-0.1, -0.05) is 26.0 Å². The van der Waals surface area contributed by atoms with Crippen molar-refractivity contribution in [2.45, 2.75) is 25.9 Å². The lowest BCUT2D eigenvalue weighted by Gasteiger charge is -2.11. The van der Waals surface area contributed by atoms with E-state index in [0.29, 0.717) is 17.2 Å². The molecule has 4 nitrogen and oxygen atoms in total. The number of anilines is 1. The third-order valence-corrected chi connectivity index (χ3v) is 2.96. The fraction of sp³-hybridized carbons (Fsp3) is 0.286. The van der Waals surface area contributed by atoms with Crippen molar-refractivity contribution in [3.63, 3.8) is 0 Å². The quantitative estimate of drug-likeness (QED) is 0.671. The lowest BCUT2D eigenvalue weighted by atomic mass is 10.1. The maximum absolute atomic E-state index is 12.6. The van der Waals surface area contributed by atoms with Crippen LogP contribution in [0.15, 0.2) is 30.3 Å². The summed E-state index contributed by atoms with van der Waals surface area (Å²) < 4.78 is 37.7. The molecule has 0 saturated carbocycles. The Morgan fingerprint density at radius 2 is 1.71 bits per heavy atom. The molecule has 3 N–H and O–H groups in total. The van der Waals surface area contributed by atoms with Crippen molar-refractivity contribution in [3.05, 3.63) is 41.6 Å². The predicted octanol–water partition coefficient (Wildman–Crippen LogP) is 3.57. The second kappa shape index (κ2) is 5.69. The summed E-state index contributed by atoms with van der Waals surface area (Å²) in [6, 6.07) is 6.43. The predicted molar refractivity (Wildman–Crippen MR) is 74.4 cm³/mol. The lowest BCUT2D eigenvalue weighted by molar-refractivity contribution is -0.137. The zero-order chi connectivity index (χ0) is 15.6. The van der Waals surface area contributed by atoms with Crippen LogP contribution in [0.25, 0.3) is 11.4 Å². The Morgan fingerprint density at radius 3 is 2.19 bits per heavy atom. The van der Waals surface area contributed by atoms with E-state index in [1.165, 1.54) is 12.1 Å². The zero-order valence-electron chi connectivity index (χ0n) is 11.6. The van der Waals surface area contributed by atoms with Crippen LogP contribution in [-0.4, -0.2) is 9.97 Å². The molecule has 0 amide bonds. The molecule has 0 unspecified atom stereocenters. The minimum Gasteiger partial charge on any atom is -0.308 e. The highest BCUT2D eigenvalue weighted by molar-refractivity contribution is 5.58. The van der Waals surface area contributed by atoms with Crippen LogP contribution in [0.4, 0.5) is 19.0 Å². The Kier molecular flexibility index (Phi) is 4.13. The molecule has 7 heteroatoms. The molecule has 0 bridgehead atoms. The minimum atomic E-state index is -4.36. The van der Waals surface area contributed by atoms with Gasteiger partial charge >= 0.3 is 6.18 Å². The number of benzene rings is 1. The van der Waals surface area contributed by atoms with E-state index in [1.807, 2.05) is 13.8 Å². The Labute approximate surface area is 120 Å². The van der Waals surface area contributed by atoms with Crippen LogP contribution in [0.2, 0.25) is 0 Å². The summed E-state index contributed by atoms with van der Waals surface area (Å²) in [6.45, 7) is 3.92. The van der Waals surface area contributed by atoms with Crippen LogP contribution in [0, 0.1) is 0 Å². The fourth-order valence-corrected chi connectivity index (χ4v) is 1.77. The molecule has 0 atom stereocenters. The number of halogens is 3. The van der Waals surface area contributed by atoms with Crippen molar-refractivity contribution in [2.24, 2.45) is 5.84 Å². The second-order valence-electron chi connectivity index (χ2n) is 4.88. The van der Waals surface area contributed by atoms with Gasteiger partial charge in [-0.25, -0.2) is 15.8 Å². The monoisotopic (exact) mass is 296 g/mol. The number of nitrogen functional groups attached to an aromatic ring is 1. The lowest BCUT2D eigenvalue weighted by Crippen LogP contribution is -2.11. The number of rotatable bonds is 3. The first kappa shape index (κ1) is 15.2. The summed E-state index contributed by atoms with van der Waals surface area (Å²) in [4.78, 5) is 8.52. The van der Waals surface area contributed by atoms with Gasteiger partial charge in [0.1, 0.15) is 5.82 Å². The smallest absolute Gasteiger partial charge is 0.308 e. The van der Waals surface area contributed by atoms with Crippen LogP contribution in [0.1, 0.15) is 31.0 Å². The van der Waals surface area contributed by atoms with Gasteiger partial charge in [-0.05, 0) is 18.1 Å². The van der Waals surface area contributed by atoms with Gasteiger partial charge in [0.2, 0.25) is 0 Å². The molecule has 0 saturated heterocycles. The first-order valence-electron chi connectivity index (χ1n) is 6.34. The summed E-state index contributed by atoms with van der Waals surface area (Å²) >= 11 is 0. The molecule has 1 heterocycles. The van der Waals surface area contributed by atoms with E-state index in [9.17, 15) is 13.2 Å². The number of hydrazine groups is 1. The van der Waals surface area contributed by atoms with E-state index in [2.05, 4.69) is 15.4 Å². The number of nitrogens with one attached hydrogen (secondary N) is 1. The van der Waals surface area contributed by atoms with Crippen LogP contribution >= 0.6 is 0 Å². The van der Waals surface area contributed by atoms with E-state index in [1.54, 1.807) is 6.07 Å². The first-order valence-corrected chi connectivity index (χ1v) is 6.34. The Morgan fingerprint density at radius 1 is 1.10 bits per heavy atom. The molecule has 0 fully saturated rings. The average Bonchev–Trinajstić information content (AvgIpc) is 2.46. The molecule has 0 aliphatic rings. The molecule has 0 radical (unpaired) electrons. The third-order valence-electron chi connectivity index (χ3n) is 2.96. The average molecular weight is 296 g/mol. The van der Waals surface area contributed by atoms with Gasteiger partial charge in [0.05, 0.1) is 5.56 Å². The molecule has 1 aromatic carbocycles. The van der Waals surface area contributed by atoms with Crippen molar-refractivity contribution in [1.29, 1.82) is 0 Å². The topological polar surface area (TPSA) is 63.8 Å². The SMILES string of the molecule is CC(C)c1cc(NN)nc(-c2ccc(C(F)(F)F)cc2)n1. The second-order valence-corrected chi connectivity index (χ2v) is 4.88. The third kappa shape index (κ3) is 3.49. The Balaban J connectivity index is 2.44. The fourth-order valence-electron chi connectivity index (χ4n) is 1.77. The highest BCUT2D eigenvalue weighted by atomic mass is 19.4. The van der Waals surface area contributed by atoms with E-state index in [4.69, 9.17) is 5.84 Å². The number of aromatic nitrogens is 2. The number of nitrogens with zero attached hydrogens (tertiary/aromatic N) is 2. The van der Waals surface area contributed by atoms with Gasteiger partial charge in [0.25, 0.3) is 0 Å². The summed E-state index contributed by atoms with van der Waals surface area (Å²) in [6.07, 6.45) is -4.36. The first-order chi connectivity index (χ1) is 9.81.